The van der Waals surface area contributed by atoms with E-state index < -0.39 is 0 Å². The topological polar surface area (TPSA) is 55.0 Å². The average molecular weight is 180 g/mol. The van der Waals surface area contributed by atoms with Crippen LogP contribution >= 0.6 is 0 Å². The van der Waals surface area contributed by atoms with Crippen LogP contribution in [0.2, 0.25) is 0 Å². The summed E-state index contributed by atoms with van der Waals surface area (Å²) >= 11 is 0. The van der Waals surface area contributed by atoms with Crippen LogP contribution in [0.25, 0.3) is 0 Å². The number of rotatable bonds is 3. The lowest BCUT2D eigenvalue weighted by Crippen LogP contribution is -2.28. The molecule has 0 aliphatic rings. The van der Waals surface area contributed by atoms with Crippen molar-refractivity contribution >= 4 is 5.82 Å². The summed E-state index contributed by atoms with van der Waals surface area (Å²) in [5.41, 5.74) is 6.41. The monoisotopic (exact) mass is 180 g/mol. The first-order valence-electron chi connectivity index (χ1n) is 4.39. The van der Waals surface area contributed by atoms with E-state index in [0.29, 0.717) is 12.6 Å². The summed E-state index contributed by atoms with van der Waals surface area (Å²) in [7, 11) is 1.99. The van der Waals surface area contributed by atoms with Crippen molar-refractivity contribution in [1.29, 1.82) is 0 Å². The number of hydrogen-bond acceptors (Lipinski definition) is 4. The number of anilines is 1. The second-order valence-corrected chi connectivity index (χ2v) is 3.24. The van der Waals surface area contributed by atoms with E-state index in [1.165, 1.54) is 0 Å². The van der Waals surface area contributed by atoms with Crippen molar-refractivity contribution < 1.29 is 0 Å². The molecule has 0 spiro atoms. The zero-order valence-electron chi connectivity index (χ0n) is 8.36. The molecule has 1 rings (SSSR count). The van der Waals surface area contributed by atoms with Crippen molar-refractivity contribution in [3.8, 4) is 0 Å². The Balaban J connectivity index is 2.98. The van der Waals surface area contributed by atoms with E-state index >= 15 is 0 Å². The normalized spacial score (nSPS) is 10.5. The minimum absolute atomic E-state index is 0.405. The minimum Gasteiger partial charge on any atom is -0.356 e. The van der Waals surface area contributed by atoms with Crippen LogP contribution in [0.4, 0.5) is 5.82 Å². The predicted molar refractivity (Wildman–Crippen MR) is 53.5 cm³/mol. The van der Waals surface area contributed by atoms with Crippen molar-refractivity contribution in [2.75, 3.05) is 11.9 Å². The highest BCUT2D eigenvalue weighted by Gasteiger charge is 2.10. The molecule has 1 aromatic rings. The van der Waals surface area contributed by atoms with Gasteiger partial charge in [0.25, 0.3) is 0 Å². The molecule has 13 heavy (non-hydrogen) atoms. The van der Waals surface area contributed by atoms with Crippen LogP contribution in [-0.4, -0.2) is 23.1 Å². The van der Waals surface area contributed by atoms with Gasteiger partial charge in [0, 0.05) is 32.0 Å². The predicted octanol–water partition coefficient (Wildman–Crippen LogP) is 0.780. The van der Waals surface area contributed by atoms with Crippen LogP contribution < -0.4 is 10.6 Å². The van der Waals surface area contributed by atoms with Gasteiger partial charge in [0.2, 0.25) is 0 Å². The molecule has 0 saturated carbocycles. The van der Waals surface area contributed by atoms with Crippen molar-refractivity contribution in [1.82, 2.24) is 9.97 Å². The van der Waals surface area contributed by atoms with E-state index in [-0.39, 0.29) is 0 Å². The number of aromatic nitrogens is 2. The molecule has 1 heterocycles. The molecule has 72 valence electrons. The Morgan fingerprint density at radius 2 is 2.00 bits per heavy atom. The molecule has 0 saturated heterocycles. The fourth-order valence-corrected chi connectivity index (χ4v) is 1.04. The van der Waals surface area contributed by atoms with Gasteiger partial charge in [-0.25, -0.2) is 4.98 Å². The molecule has 0 fully saturated rings. The van der Waals surface area contributed by atoms with Crippen molar-refractivity contribution in [2.24, 2.45) is 5.73 Å². The van der Waals surface area contributed by atoms with E-state index in [1.807, 2.05) is 7.05 Å². The van der Waals surface area contributed by atoms with Crippen molar-refractivity contribution in [2.45, 2.75) is 26.4 Å². The molecule has 0 aliphatic carbocycles. The van der Waals surface area contributed by atoms with E-state index in [9.17, 15) is 0 Å². The molecule has 0 aromatic carbocycles. The van der Waals surface area contributed by atoms with Gasteiger partial charge < -0.3 is 10.6 Å². The first kappa shape index (κ1) is 9.92. The summed E-state index contributed by atoms with van der Waals surface area (Å²) in [6.07, 6.45) is 3.35. The molecule has 4 nitrogen and oxygen atoms in total. The Morgan fingerprint density at radius 1 is 1.38 bits per heavy atom. The van der Waals surface area contributed by atoms with Gasteiger partial charge in [-0.3, -0.25) is 4.98 Å². The number of nitrogens with zero attached hydrogens (tertiary/aromatic N) is 3. The zero-order chi connectivity index (χ0) is 9.84. The summed E-state index contributed by atoms with van der Waals surface area (Å²) in [5.74, 6) is 0.875. The van der Waals surface area contributed by atoms with Gasteiger partial charge in [0.1, 0.15) is 0 Å². The van der Waals surface area contributed by atoms with Crippen LogP contribution in [-0.2, 0) is 6.54 Å². The average Bonchev–Trinajstić information content (AvgIpc) is 2.16. The zero-order valence-corrected chi connectivity index (χ0v) is 8.36. The van der Waals surface area contributed by atoms with E-state index in [4.69, 9.17) is 5.73 Å². The minimum atomic E-state index is 0.405. The second kappa shape index (κ2) is 4.18. The third-order valence-corrected chi connectivity index (χ3v) is 2.05. The molecule has 0 aliphatic heterocycles. The molecular weight excluding hydrogens is 164 g/mol. The molecule has 1 aromatic heterocycles. The maximum Gasteiger partial charge on any atom is 0.151 e. The molecule has 0 amide bonds. The maximum absolute atomic E-state index is 5.56. The molecular formula is C9H16N4. The lowest BCUT2D eigenvalue weighted by Gasteiger charge is -2.23. The van der Waals surface area contributed by atoms with E-state index in [2.05, 4.69) is 28.7 Å². The second-order valence-electron chi connectivity index (χ2n) is 3.24. The summed E-state index contributed by atoms with van der Waals surface area (Å²) in [6, 6.07) is 0.405. The quantitative estimate of drug-likeness (QED) is 0.746. The van der Waals surface area contributed by atoms with Crippen LogP contribution in [0, 0.1) is 0 Å². The standard InChI is InChI=1S/C9H16N4/c1-7(2)13(3)9-8(6-10)11-4-5-12-9/h4-5,7H,6,10H2,1-3H3. The van der Waals surface area contributed by atoms with Crippen LogP contribution in [0.5, 0.6) is 0 Å². The molecule has 0 atom stereocenters. The first-order chi connectivity index (χ1) is 6.16. The van der Waals surface area contributed by atoms with Crippen LogP contribution in [0.15, 0.2) is 12.4 Å². The Bertz CT molecular complexity index is 272. The van der Waals surface area contributed by atoms with E-state index in [1.54, 1.807) is 12.4 Å². The maximum atomic E-state index is 5.56. The summed E-state index contributed by atoms with van der Waals surface area (Å²) in [4.78, 5) is 10.5. The third-order valence-electron chi connectivity index (χ3n) is 2.05. The largest absolute Gasteiger partial charge is 0.356 e. The van der Waals surface area contributed by atoms with Gasteiger partial charge in [0.05, 0.1) is 5.69 Å². The molecule has 0 radical (unpaired) electrons. The molecule has 4 heteroatoms. The van der Waals surface area contributed by atoms with Gasteiger partial charge in [-0.15, -0.1) is 0 Å². The smallest absolute Gasteiger partial charge is 0.151 e. The summed E-state index contributed by atoms with van der Waals surface area (Å²) in [5, 5.41) is 0. The molecule has 2 N–H and O–H groups in total. The highest BCUT2D eigenvalue weighted by molar-refractivity contribution is 5.42. The third kappa shape index (κ3) is 2.15. The highest BCUT2D eigenvalue weighted by atomic mass is 15.2. The van der Waals surface area contributed by atoms with Gasteiger partial charge in [0.15, 0.2) is 5.82 Å². The van der Waals surface area contributed by atoms with Crippen LogP contribution in [0.3, 0.4) is 0 Å². The van der Waals surface area contributed by atoms with Gasteiger partial charge in [-0.2, -0.15) is 0 Å². The first-order valence-corrected chi connectivity index (χ1v) is 4.39. The SMILES string of the molecule is CC(C)N(C)c1nccnc1CN. The summed E-state index contributed by atoms with van der Waals surface area (Å²) < 4.78 is 0. The lowest BCUT2D eigenvalue weighted by atomic mass is 10.3. The Morgan fingerprint density at radius 3 is 2.54 bits per heavy atom. The summed E-state index contributed by atoms with van der Waals surface area (Å²) in [6.45, 7) is 4.64. The molecule has 0 unspecified atom stereocenters. The fourth-order valence-electron chi connectivity index (χ4n) is 1.04. The van der Waals surface area contributed by atoms with Gasteiger partial charge >= 0.3 is 0 Å². The Labute approximate surface area is 78.8 Å². The van der Waals surface area contributed by atoms with Gasteiger partial charge in [-0.05, 0) is 13.8 Å². The lowest BCUT2D eigenvalue weighted by molar-refractivity contribution is 0.730. The Hall–Kier alpha value is -1.16. The number of nitrogens with two attached hydrogens (primary N) is 1. The van der Waals surface area contributed by atoms with Crippen molar-refractivity contribution in [3.63, 3.8) is 0 Å². The number of hydrogen-bond donors (Lipinski definition) is 1. The molecule has 0 bridgehead atoms. The fraction of sp³-hybridized carbons (Fsp3) is 0.556. The Kier molecular flexibility index (Phi) is 3.19. The highest BCUT2D eigenvalue weighted by Crippen LogP contribution is 2.14. The van der Waals surface area contributed by atoms with Crippen molar-refractivity contribution in [3.05, 3.63) is 18.1 Å². The van der Waals surface area contributed by atoms with E-state index in [0.717, 1.165) is 11.5 Å². The van der Waals surface area contributed by atoms with Gasteiger partial charge in [-0.1, -0.05) is 0 Å². The van der Waals surface area contributed by atoms with Crippen LogP contribution in [0.1, 0.15) is 19.5 Å².